The molecule has 0 heterocycles. The van der Waals surface area contributed by atoms with Gasteiger partial charge in [-0.05, 0) is 34.7 Å². The molecule has 1 amide bonds. The van der Waals surface area contributed by atoms with E-state index in [0.29, 0.717) is 9.13 Å². The quantitative estimate of drug-likeness (QED) is 0.761. The van der Waals surface area contributed by atoms with E-state index in [9.17, 15) is 9.90 Å². The summed E-state index contributed by atoms with van der Waals surface area (Å²) in [4.78, 5) is 11.2. The number of benzene rings is 1. The number of hydrogen-bond donors (Lipinski definition) is 2. The molecule has 4 heteroatoms. The van der Waals surface area contributed by atoms with Crippen molar-refractivity contribution in [3.8, 4) is 5.75 Å². The van der Waals surface area contributed by atoms with Crippen LogP contribution in [0.15, 0.2) is 18.2 Å². The van der Waals surface area contributed by atoms with Crippen LogP contribution in [-0.4, -0.2) is 18.1 Å². The van der Waals surface area contributed by atoms with E-state index < -0.39 is 0 Å². The van der Waals surface area contributed by atoms with Crippen molar-refractivity contribution in [3.63, 3.8) is 0 Å². The van der Waals surface area contributed by atoms with Gasteiger partial charge in [0.25, 0.3) is 5.91 Å². The van der Waals surface area contributed by atoms with E-state index in [2.05, 4.69) is 5.32 Å². The van der Waals surface area contributed by atoms with Gasteiger partial charge in [0, 0.05) is 7.05 Å². The van der Waals surface area contributed by atoms with Gasteiger partial charge in [-0.3, -0.25) is 4.79 Å². The molecule has 0 radical (unpaired) electrons. The summed E-state index contributed by atoms with van der Waals surface area (Å²) < 4.78 is 0.578. The molecule has 1 rings (SSSR count). The molecule has 0 fully saturated rings. The number of phenolic OH excluding ortho intramolecular Hbond substituents is 1. The maximum Gasteiger partial charge on any atom is 0.252 e. The fourth-order valence-corrected chi connectivity index (χ4v) is 1.43. The summed E-state index contributed by atoms with van der Waals surface area (Å²) in [5.41, 5.74) is 0.498. The van der Waals surface area contributed by atoms with Crippen molar-refractivity contribution in [2.75, 3.05) is 7.05 Å². The third-order valence-corrected chi connectivity index (χ3v) is 2.58. The number of halogens is 1. The molecule has 0 aromatic heterocycles. The maximum absolute atomic E-state index is 11.2. The van der Waals surface area contributed by atoms with E-state index in [4.69, 9.17) is 0 Å². The number of carbonyl (C=O) groups excluding carboxylic acids is 1. The second kappa shape index (κ2) is 3.75. The van der Waals surface area contributed by atoms with Gasteiger partial charge in [-0.15, -0.1) is 0 Å². The lowest BCUT2D eigenvalue weighted by atomic mass is 10.2. The molecule has 1 aromatic rings. The first-order chi connectivity index (χ1) is 5.66. The van der Waals surface area contributed by atoms with Crippen LogP contribution < -0.4 is 5.32 Å². The summed E-state index contributed by atoms with van der Waals surface area (Å²) in [6, 6.07) is 4.86. The molecule has 0 aliphatic heterocycles. The normalized spacial score (nSPS) is 9.50. The van der Waals surface area contributed by atoms with Gasteiger partial charge >= 0.3 is 0 Å². The predicted molar refractivity (Wildman–Crippen MR) is 54.2 cm³/mol. The third kappa shape index (κ3) is 1.69. The zero-order valence-electron chi connectivity index (χ0n) is 6.47. The Labute approximate surface area is 83.9 Å². The number of phenols is 1. The minimum atomic E-state index is -0.185. The van der Waals surface area contributed by atoms with Crippen LogP contribution in [0.5, 0.6) is 5.75 Å². The van der Waals surface area contributed by atoms with Crippen LogP contribution in [0.25, 0.3) is 0 Å². The monoisotopic (exact) mass is 277 g/mol. The van der Waals surface area contributed by atoms with Crippen molar-refractivity contribution in [3.05, 3.63) is 27.3 Å². The van der Waals surface area contributed by atoms with Crippen LogP contribution in [0.4, 0.5) is 0 Å². The Morgan fingerprint density at radius 2 is 2.25 bits per heavy atom. The Hall–Kier alpha value is -0.780. The van der Waals surface area contributed by atoms with E-state index in [1.54, 1.807) is 25.2 Å². The topological polar surface area (TPSA) is 49.3 Å². The van der Waals surface area contributed by atoms with E-state index in [0.717, 1.165) is 0 Å². The van der Waals surface area contributed by atoms with Gasteiger partial charge in [-0.2, -0.15) is 0 Å². The lowest BCUT2D eigenvalue weighted by molar-refractivity contribution is 0.0961. The standard InChI is InChI=1S/C8H8INO2/c1-10-8(12)5-3-2-4-6(11)7(5)9/h2-4,11H,1H3,(H,10,12). The van der Waals surface area contributed by atoms with Crippen LogP contribution in [0.3, 0.4) is 0 Å². The number of amides is 1. The largest absolute Gasteiger partial charge is 0.507 e. The number of aromatic hydroxyl groups is 1. The highest BCUT2D eigenvalue weighted by Crippen LogP contribution is 2.22. The smallest absolute Gasteiger partial charge is 0.252 e. The zero-order chi connectivity index (χ0) is 9.14. The second-order valence-electron chi connectivity index (χ2n) is 2.22. The molecule has 0 unspecified atom stereocenters. The average Bonchev–Trinajstić information content (AvgIpc) is 2.08. The first kappa shape index (κ1) is 9.31. The maximum atomic E-state index is 11.2. The highest BCUT2D eigenvalue weighted by molar-refractivity contribution is 14.1. The molecule has 2 N–H and O–H groups in total. The Morgan fingerprint density at radius 1 is 1.58 bits per heavy atom. The highest BCUT2D eigenvalue weighted by atomic mass is 127. The van der Waals surface area contributed by atoms with Crippen molar-refractivity contribution in [2.24, 2.45) is 0 Å². The third-order valence-electron chi connectivity index (χ3n) is 1.45. The molecular weight excluding hydrogens is 269 g/mol. The van der Waals surface area contributed by atoms with Crippen molar-refractivity contribution in [1.82, 2.24) is 5.32 Å². The fourth-order valence-electron chi connectivity index (χ4n) is 0.830. The van der Waals surface area contributed by atoms with Crippen LogP contribution >= 0.6 is 22.6 Å². The van der Waals surface area contributed by atoms with Crippen LogP contribution in [0.2, 0.25) is 0 Å². The Kier molecular flexibility index (Phi) is 2.91. The molecule has 0 bridgehead atoms. The molecular formula is C8H8INO2. The lowest BCUT2D eigenvalue weighted by Crippen LogP contribution is -2.18. The number of hydrogen-bond acceptors (Lipinski definition) is 2. The first-order valence-corrected chi connectivity index (χ1v) is 4.44. The summed E-state index contributed by atoms with van der Waals surface area (Å²) in [5, 5.41) is 11.8. The van der Waals surface area contributed by atoms with Gasteiger partial charge in [-0.1, -0.05) is 6.07 Å². The molecule has 0 saturated carbocycles. The van der Waals surface area contributed by atoms with E-state index in [-0.39, 0.29) is 11.7 Å². The van der Waals surface area contributed by atoms with Gasteiger partial charge in [0.15, 0.2) is 0 Å². The number of nitrogens with one attached hydrogen (secondary N) is 1. The molecule has 12 heavy (non-hydrogen) atoms. The predicted octanol–water partition coefficient (Wildman–Crippen LogP) is 1.36. The summed E-state index contributed by atoms with van der Waals surface area (Å²) in [6.45, 7) is 0. The minimum Gasteiger partial charge on any atom is -0.507 e. The van der Waals surface area contributed by atoms with Gasteiger partial charge in [-0.25, -0.2) is 0 Å². The van der Waals surface area contributed by atoms with E-state index in [1.165, 1.54) is 0 Å². The molecule has 0 aliphatic rings. The van der Waals surface area contributed by atoms with Gasteiger partial charge in [0.05, 0.1) is 9.13 Å². The first-order valence-electron chi connectivity index (χ1n) is 3.36. The van der Waals surface area contributed by atoms with Gasteiger partial charge in [0.2, 0.25) is 0 Å². The molecule has 0 aliphatic carbocycles. The summed E-state index contributed by atoms with van der Waals surface area (Å²) in [6.07, 6.45) is 0. The lowest BCUT2D eigenvalue weighted by Gasteiger charge is -2.03. The van der Waals surface area contributed by atoms with Crippen LogP contribution in [0, 0.1) is 3.57 Å². The number of rotatable bonds is 1. The van der Waals surface area contributed by atoms with Gasteiger partial charge in [0.1, 0.15) is 5.75 Å². The summed E-state index contributed by atoms with van der Waals surface area (Å²) in [5.74, 6) is -0.0491. The van der Waals surface area contributed by atoms with E-state index in [1.807, 2.05) is 22.6 Å². The zero-order valence-corrected chi connectivity index (χ0v) is 8.62. The van der Waals surface area contributed by atoms with Gasteiger partial charge < -0.3 is 10.4 Å². The average molecular weight is 277 g/mol. The second-order valence-corrected chi connectivity index (χ2v) is 3.30. The van der Waals surface area contributed by atoms with Crippen molar-refractivity contribution in [2.45, 2.75) is 0 Å². The van der Waals surface area contributed by atoms with Crippen molar-refractivity contribution < 1.29 is 9.90 Å². The van der Waals surface area contributed by atoms with Crippen LogP contribution in [-0.2, 0) is 0 Å². The molecule has 0 atom stereocenters. The molecule has 64 valence electrons. The fraction of sp³-hybridized carbons (Fsp3) is 0.125. The molecule has 0 spiro atoms. The minimum absolute atomic E-state index is 0.136. The number of carbonyl (C=O) groups is 1. The summed E-state index contributed by atoms with van der Waals surface area (Å²) in [7, 11) is 1.56. The highest BCUT2D eigenvalue weighted by Gasteiger charge is 2.09. The Morgan fingerprint density at radius 3 is 2.83 bits per heavy atom. The molecule has 0 saturated heterocycles. The van der Waals surface area contributed by atoms with Crippen molar-refractivity contribution in [1.29, 1.82) is 0 Å². The van der Waals surface area contributed by atoms with E-state index >= 15 is 0 Å². The van der Waals surface area contributed by atoms with Crippen LogP contribution in [0.1, 0.15) is 10.4 Å². The summed E-state index contributed by atoms with van der Waals surface area (Å²) >= 11 is 1.93. The van der Waals surface area contributed by atoms with Crippen molar-refractivity contribution >= 4 is 28.5 Å². The SMILES string of the molecule is CNC(=O)c1cccc(O)c1I. The molecule has 1 aromatic carbocycles. The Balaban J connectivity index is 3.16. The Bertz CT molecular complexity index is 312. The molecule has 3 nitrogen and oxygen atoms in total.